The van der Waals surface area contributed by atoms with Gasteiger partial charge >= 0.3 is 0 Å². The number of hydrogen-bond donors (Lipinski definition) is 1. The van der Waals surface area contributed by atoms with Gasteiger partial charge in [-0.15, -0.1) is 0 Å². The number of carbonyl (C=O) groups is 1. The Bertz CT molecular complexity index is 1050. The lowest BCUT2D eigenvalue weighted by atomic mass is 10.0. The molecule has 1 fully saturated rings. The van der Waals surface area contributed by atoms with Crippen molar-refractivity contribution in [2.45, 2.75) is 24.7 Å². The molecule has 28 heavy (non-hydrogen) atoms. The van der Waals surface area contributed by atoms with E-state index in [2.05, 4.69) is 5.32 Å². The van der Waals surface area contributed by atoms with Gasteiger partial charge in [0.2, 0.25) is 10.0 Å². The van der Waals surface area contributed by atoms with Crippen LogP contribution in [0.1, 0.15) is 35.7 Å². The van der Waals surface area contributed by atoms with Gasteiger partial charge in [0.05, 0.1) is 16.7 Å². The van der Waals surface area contributed by atoms with Gasteiger partial charge in [0, 0.05) is 24.3 Å². The number of rotatable bonds is 4. The van der Waals surface area contributed by atoms with E-state index >= 15 is 0 Å². The fourth-order valence-corrected chi connectivity index (χ4v) is 5.31. The van der Waals surface area contributed by atoms with E-state index in [0.29, 0.717) is 24.3 Å². The molecule has 0 aromatic heterocycles. The lowest BCUT2D eigenvalue weighted by Crippen LogP contribution is -2.39. The molecule has 8 heteroatoms. The lowest BCUT2D eigenvalue weighted by Gasteiger charge is -2.30. The van der Waals surface area contributed by atoms with Crippen molar-refractivity contribution in [2.75, 3.05) is 18.4 Å². The Kier molecular flexibility index (Phi) is 6.04. The van der Waals surface area contributed by atoms with Crippen molar-refractivity contribution in [1.82, 2.24) is 4.31 Å². The van der Waals surface area contributed by atoms with Crippen LogP contribution in [0, 0.1) is 17.2 Å². The van der Waals surface area contributed by atoms with Crippen LogP contribution in [-0.4, -0.2) is 31.7 Å². The molecule has 0 saturated carbocycles. The Morgan fingerprint density at radius 1 is 1.29 bits per heavy atom. The van der Waals surface area contributed by atoms with Crippen LogP contribution in [0.5, 0.6) is 0 Å². The molecule has 1 N–H and O–H groups in total. The standard InChI is InChI=1S/C20H20ClN3O3S/c1-14-4-3-9-24(13-14)28(26,27)19-11-16(7-8-18(19)21)20(25)23-17-6-2-5-15(10-17)12-22/h2,5-8,10-11,14H,3-4,9,13H2,1H3,(H,23,25). The molecular formula is C20H20ClN3O3S. The molecule has 6 nitrogen and oxygen atoms in total. The highest BCUT2D eigenvalue weighted by atomic mass is 35.5. The van der Waals surface area contributed by atoms with Crippen LogP contribution in [-0.2, 0) is 10.0 Å². The van der Waals surface area contributed by atoms with Gasteiger partial charge in [-0.2, -0.15) is 9.57 Å². The zero-order valence-electron chi connectivity index (χ0n) is 15.4. The predicted octanol–water partition coefficient (Wildman–Crippen LogP) is 3.88. The van der Waals surface area contributed by atoms with E-state index in [-0.39, 0.29) is 21.4 Å². The normalized spacial score (nSPS) is 17.7. The summed E-state index contributed by atoms with van der Waals surface area (Å²) in [5.74, 6) is -0.198. The number of nitriles is 1. The summed E-state index contributed by atoms with van der Waals surface area (Å²) in [7, 11) is -3.79. The van der Waals surface area contributed by atoms with Crippen LogP contribution < -0.4 is 5.32 Å². The molecule has 0 radical (unpaired) electrons. The van der Waals surface area contributed by atoms with Gasteiger partial charge in [-0.05, 0) is 55.2 Å². The molecule has 1 atom stereocenters. The summed E-state index contributed by atoms with van der Waals surface area (Å²) in [6.07, 6.45) is 1.79. The Labute approximate surface area is 169 Å². The number of anilines is 1. The first-order valence-corrected chi connectivity index (χ1v) is 10.7. The lowest BCUT2D eigenvalue weighted by molar-refractivity contribution is 0.102. The van der Waals surface area contributed by atoms with Gasteiger partial charge in [-0.1, -0.05) is 24.6 Å². The van der Waals surface area contributed by atoms with Crippen LogP contribution in [0.2, 0.25) is 5.02 Å². The third-order valence-corrected chi connectivity index (χ3v) is 7.03. The van der Waals surface area contributed by atoms with E-state index in [0.717, 1.165) is 12.8 Å². The topological polar surface area (TPSA) is 90.3 Å². The highest BCUT2D eigenvalue weighted by Gasteiger charge is 2.30. The fourth-order valence-electron chi connectivity index (χ4n) is 3.22. The number of nitrogens with zero attached hydrogens (tertiary/aromatic N) is 2. The molecule has 2 aromatic carbocycles. The summed E-state index contributed by atoms with van der Waals surface area (Å²) in [6.45, 7) is 2.90. The number of piperidine rings is 1. The first-order valence-electron chi connectivity index (χ1n) is 8.92. The second-order valence-corrected chi connectivity index (χ2v) is 9.22. The quantitative estimate of drug-likeness (QED) is 0.817. The van der Waals surface area contributed by atoms with Crippen LogP contribution in [0.3, 0.4) is 0 Å². The van der Waals surface area contributed by atoms with Crippen molar-refractivity contribution in [2.24, 2.45) is 5.92 Å². The van der Waals surface area contributed by atoms with Crippen molar-refractivity contribution in [1.29, 1.82) is 5.26 Å². The number of carbonyl (C=O) groups excluding carboxylic acids is 1. The summed E-state index contributed by atoms with van der Waals surface area (Å²) in [4.78, 5) is 12.5. The van der Waals surface area contributed by atoms with Gasteiger partial charge in [-0.3, -0.25) is 4.79 Å². The first-order chi connectivity index (χ1) is 13.3. The van der Waals surface area contributed by atoms with E-state index in [4.69, 9.17) is 16.9 Å². The molecule has 1 aliphatic heterocycles. The Morgan fingerprint density at radius 2 is 2.07 bits per heavy atom. The second-order valence-electron chi connectivity index (χ2n) is 6.90. The molecular weight excluding hydrogens is 398 g/mol. The Balaban J connectivity index is 1.88. The first kappa shape index (κ1) is 20.3. The Hall–Kier alpha value is -2.40. The van der Waals surface area contributed by atoms with Crippen molar-refractivity contribution in [3.8, 4) is 6.07 Å². The van der Waals surface area contributed by atoms with Crippen molar-refractivity contribution < 1.29 is 13.2 Å². The molecule has 146 valence electrons. The molecule has 1 amide bonds. The maximum atomic E-state index is 13.0. The molecule has 1 unspecified atom stereocenters. The van der Waals surface area contributed by atoms with Crippen LogP contribution in [0.25, 0.3) is 0 Å². The summed E-state index contributed by atoms with van der Waals surface area (Å²) in [5.41, 5.74) is 1.04. The van der Waals surface area contributed by atoms with E-state index in [1.807, 2.05) is 13.0 Å². The predicted molar refractivity (Wildman–Crippen MR) is 108 cm³/mol. The number of sulfonamides is 1. The molecule has 1 saturated heterocycles. The molecule has 2 aromatic rings. The van der Waals surface area contributed by atoms with Gasteiger partial charge in [0.15, 0.2) is 0 Å². The zero-order valence-corrected chi connectivity index (χ0v) is 16.9. The molecule has 1 aliphatic rings. The second kappa shape index (κ2) is 8.31. The molecule has 0 bridgehead atoms. The van der Waals surface area contributed by atoms with E-state index in [9.17, 15) is 13.2 Å². The monoisotopic (exact) mass is 417 g/mol. The van der Waals surface area contributed by atoms with Gasteiger partial charge in [0.25, 0.3) is 5.91 Å². The molecule has 1 heterocycles. The largest absolute Gasteiger partial charge is 0.322 e. The highest BCUT2D eigenvalue weighted by molar-refractivity contribution is 7.89. The van der Waals surface area contributed by atoms with Crippen molar-refractivity contribution in [3.63, 3.8) is 0 Å². The van der Waals surface area contributed by atoms with E-state index < -0.39 is 15.9 Å². The van der Waals surface area contributed by atoms with E-state index in [1.165, 1.54) is 22.5 Å². The van der Waals surface area contributed by atoms with Crippen LogP contribution in [0.15, 0.2) is 47.4 Å². The summed E-state index contributed by atoms with van der Waals surface area (Å²) in [6, 6.07) is 12.7. The number of hydrogen-bond acceptors (Lipinski definition) is 4. The van der Waals surface area contributed by atoms with Crippen LogP contribution in [0.4, 0.5) is 5.69 Å². The minimum Gasteiger partial charge on any atom is -0.322 e. The third kappa shape index (κ3) is 4.36. The number of nitrogens with one attached hydrogen (secondary N) is 1. The van der Waals surface area contributed by atoms with Crippen LogP contribution >= 0.6 is 11.6 Å². The Morgan fingerprint density at radius 3 is 2.79 bits per heavy atom. The number of halogens is 1. The minimum absolute atomic E-state index is 0.0679. The fraction of sp³-hybridized carbons (Fsp3) is 0.300. The average molecular weight is 418 g/mol. The summed E-state index contributed by atoms with van der Waals surface area (Å²) in [5, 5.41) is 11.7. The average Bonchev–Trinajstić information content (AvgIpc) is 2.68. The molecule has 3 rings (SSSR count). The third-order valence-electron chi connectivity index (χ3n) is 4.68. The van der Waals surface area contributed by atoms with Crippen molar-refractivity contribution in [3.05, 3.63) is 58.6 Å². The maximum absolute atomic E-state index is 13.0. The molecule has 0 spiro atoms. The summed E-state index contributed by atoms with van der Waals surface area (Å²) < 4.78 is 27.5. The van der Waals surface area contributed by atoms with Crippen molar-refractivity contribution >= 4 is 33.2 Å². The van der Waals surface area contributed by atoms with Gasteiger partial charge in [0.1, 0.15) is 4.90 Å². The minimum atomic E-state index is -3.79. The van der Waals surface area contributed by atoms with E-state index in [1.54, 1.807) is 24.3 Å². The maximum Gasteiger partial charge on any atom is 0.255 e. The summed E-state index contributed by atoms with van der Waals surface area (Å²) >= 11 is 6.17. The smallest absolute Gasteiger partial charge is 0.255 e. The number of amides is 1. The number of benzene rings is 2. The van der Waals surface area contributed by atoms with Gasteiger partial charge in [-0.25, -0.2) is 8.42 Å². The van der Waals surface area contributed by atoms with Gasteiger partial charge < -0.3 is 5.32 Å². The zero-order chi connectivity index (χ0) is 20.3. The SMILES string of the molecule is CC1CCCN(S(=O)(=O)c2cc(C(=O)Nc3cccc(C#N)c3)ccc2Cl)C1. The molecule has 0 aliphatic carbocycles. The highest BCUT2D eigenvalue weighted by Crippen LogP contribution is 2.29.